The number of hydrogen-bond donors (Lipinski definition) is 1. The van der Waals surface area contributed by atoms with Crippen molar-refractivity contribution in [1.82, 2.24) is 0 Å². The molecule has 4 nitrogen and oxygen atoms in total. The first-order valence-corrected chi connectivity index (χ1v) is 6.24. The predicted molar refractivity (Wildman–Crippen MR) is 75.5 cm³/mol. The molecule has 1 N–H and O–H groups in total. The van der Waals surface area contributed by atoms with Crippen molar-refractivity contribution in [2.24, 2.45) is 0 Å². The van der Waals surface area contributed by atoms with Gasteiger partial charge in [0.05, 0.1) is 12.5 Å². The van der Waals surface area contributed by atoms with Crippen LogP contribution < -0.4 is 5.32 Å². The van der Waals surface area contributed by atoms with Gasteiger partial charge in [-0.1, -0.05) is 12.1 Å². The molecule has 0 bridgehead atoms. The number of anilines is 1. The molecule has 1 aromatic carbocycles. The summed E-state index contributed by atoms with van der Waals surface area (Å²) in [7, 11) is 0. The maximum atomic E-state index is 12.0. The van der Waals surface area contributed by atoms with Crippen molar-refractivity contribution in [3.8, 4) is 11.3 Å². The van der Waals surface area contributed by atoms with Crippen LogP contribution in [-0.2, 0) is 0 Å². The average molecular weight is 267 g/mol. The Morgan fingerprint density at radius 2 is 1.80 bits per heavy atom. The molecular weight excluding hydrogens is 254 g/mol. The van der Waals surface area contributed by atoms with Crippen LogP contribution in [0.4, 0.5) is 5.69 Å². The summed E-state index contributed by atoms with van der Waals surface area (Å²) in [6.45, 7) is 1.94. The van der Waals surface area contributed by atoms with Gasteiger partial charge in [0.15, 0.2) is 5.76 Å². The van der Waals surface area contributed by atoms with Crippen LogP contribution in [-0.4, -0.2) is 5.91 Å². The molecule has 0 fully saturated rings. The lowest BCUT2D eigenvalue weighted by Gasteiger charge is -2.10. The fourth-order valence-electron chi connectivity index (χ4n) is 2.06. The van der Waals surface area contributed by atoms with Crippen molar-refractivity contribution in [3.63, 3.8) is 0 Å². The van der Waals surface area contributed by atoms with Gasteiger partial charge >= 0.3 is 0 Å². The van der Waals surface area contributed by atoms with E-state index in [-0.39, 0.29) is 11.7 Å². The third kappa shape index (κ3) is 2.23. The van der Waals surface area contributed by atoms with Gasteiger partial charge in [-0.2, -0.15) is 0 Å². The van der Waals surface area contributed by atoms with Crippen molar-refractivity contribution < 1.29 is 13.6 Å². The zero-order chi connectivity index (χ0) is 13.9. The first-order valence-electron chi connectivity index (χ1n) is 6.24. The summed E-state index contributed by atoms with van der Waals surface area (Å²) in [5.74, 6) is 0.791. The van der Waals surface area contributed by atoms with E-state index < -0.39 is 0 Å². The van der Waals surface area contributed by atoms with Gasteiger partial charge in [-0.05, 0) is 42.8 Å². The normalized spacial score (nSPS) is 10.4. The highest BCUT2D eigenvalue weighted by Gasteiger charge is 2.13. The third-order valence-electron chi connectivity index (χ3n) is 3.11. The van der Waals surface area contributed by atoms with E-state index in [0.29, 0.717) is 0 Å². The lowest BCUT2D eigenvalue weighted by Crippen LogP contribution is -2.12. The van der Waals surface area contributed by atoms with Crippen molar-refractivity contribution >= 4 is 11.6 Å². The molecule has 0 saturated heterocycles. The van der Waals surface area contributed by atoms with E-state index in [9.17, 15) is 4.79 Å². The van der Waals surface area contributed by atoms with Crippen LogP contribution >= 0.6 is 0 Å². The molecule has 2 aromatic heterocycles. The Morgan fingerprint density at radius 3 is 2.50 bits per heavy atom. The van der Waals surface area contributed by atoms with Crippen LogP contribution in [0.25, 0.3) is 11.3 Å². The van der Waals surface area contributed by atoms with E-state index in [0.717, 1.165) is 22.6 Å². The summed E-state index contributed by atoms with van der Waals surface area (Å²) >= 11 is 0. The van der Waals surface area contributed by atoms with Crippen molar-refractivity contribution in [2.45, 2.75) is 6.92 Å². The summed E-state index contributed by atoms with van der Waals surface area (Å²) in [5.41, 5.74) is 2.63. The zero-order valence-electron chi connectivity index (χ0n) is 10.9. The fourth-order valence-corrected chi connectivity index (χ4v) is 2.06. The highest BCUT2D eigenvalue weighted by molar-refractivity contribution is 6.03. The molecule has 1 amide bonds. The number of hydrogen-bond acceptors (Lipinski definition) is 3. The van der Waals surface area contributed by atoms with Gasteiger partial charge in [-0.15, -0.1) is 0 Å². The van der Waals surface area contributed by atoms with Crippen molar-refractivity contribution in [3.05, 3.63) is 66.3 Å². The van der Waals surface area contributed by atoms with Crippen molar-refractivity contribution in [1.29, 1.82) is 0 Å². The van der Waals surface area contributed by atoms with E-state index in [4.69, 9.17) is 8.83 Å². The summed E-state index contributed by atoms with van der Waals surface area (Å²) in [5, 5.41) is 2.84. The number of rotatable bonds is 3. The van der Waals surface area contributed by atoms with Crippen molar-refractivity contribution in [2.75, 3.05) is 5.32 Å². The minimum Gasteiger partial charge on any atom is -0.464 e. The molecule has 0 saturated carbocycles. The van der Waals surface area contributed by atoms with Gasteiger partial charge in [0.2, 0.25) is 0 Å². The largest absolute Gasteiger partial charge is 0.464 e. The molecular formula is C16H13NO3. The second-order valence-electron chi connectivity index (χ2n) is 4.39. The van der Waals surface area contributed by atoms with E-state index in [2.05, 4.69) is 5.32 Å². The molecule has 100 valence electrons. The van der Waals surface area contributed by atoms with Crippen LogP contribution in [0.3, 0.4) is 0 Å². The summed E-state index contributed by atoms with van der Waals surface area (Å²) in [6, 6.07) is 12.7. The maximum absolute atomic E-state index is 12.0. The third-order valence-corrected chi connectivity index (χ3v) is 3.11. The Labute approximate surface area is 116 Å². The quantitative estimate of drug-likeness (QED) is 0.777. The van der Waals surface area contributed by atoms with E-state index in [1.807, 2.05) is 37.3 Å². The van der Waals surface area contributed by atoms with Gasteiger partial charge in [-0.3, -0.25) is 4.79 Å². The highest BCUT2D eigenvalue weighted by Crippen LogP contribution is 2.29. The summed E-state index contributed by atoms with van der Waals surface area (Å²) in [6.07, 6.45) is 3.10. The fraction of sp³-hybridized carbons (Fsp3) is 0.0625. The number of furan rings is 2. The molecule has 0 spiro atoms. The highest BCUT2D eigenvalue weighted by atomic mass is 16.3. The SMILES string of the molecule is Cc1c(NC(=O)c2ccco2)cccc1-c1ccco1. The number of benzene rings is 1. The van der Waals surface area contributed by atoms with Crippen LogP contribution in [0, 0.1) is 6.92 Å². The average Bonchev–Trinajstić information content (AvgIpc) is 3.14. The lowest BCUT2D eigenvalue weighted by atomic mass is 10.0. The molecule has 0 radical (unpaired) electrons. The first-order chi connectivity index (χ1) is 9.75. The summed E-state index contributed by atoms with van der Waals surface area (Å²) in [4.78, 5) is 12.0. The number of nitrogens with one attached hydrogen (secondary N) is 1. The van der Waals surface area contributed by atoms with Crippen LogP contribution in [0.5, 0.6) is 0 Å². The Morgan fingerprint density at radius 1 is 1.00 bits per heavy atom. The molecule has 2 heterocycles. The second-order valence-corrected chi connectivity index (χ2v) is 4.39. The Kier molecular flexibility index (Phi) is 3.13. The van der Waals surface area contributed by atoms with Crippen LogP contribution in [0.1, 0.15) is 16.1 Å². The van der Waals surface area contributed by atoms with Gasteiger partial charge in [-0.25, -0.2) is 0 Å². The molecule has 0 atom stereocenters. The van der Waals surface area contributed by atoms with Gasteiger partial charge < -0.3 is 14.2 Å². The molecule has 3 rings (SSSR count). The molecule has 3 aromatic rings. The number of amides is 1. The smallest absolute Gasteiger partial charge is 0.291 e. The minimum absolute atomic E-state index is 0.269. The van der Waals surface area contributed by atoms with E-state index in [1.54, 1.807) is 18.4 Å². The van der Waals surface area contributed by atoms with E-state index in [1.165, 1.54) is 6.26 Å². The second kappa shape index (κ2) is 5.09. The molecule has 20 heavy (non-hydrogen) atoms. The standard InChI is InChI=1S/C16H13NO3/c1-11-12(14-7-3-9-19-14)5-2-6-13(11)17-16(18)15-8-4-10-20-15/h2-10H,1H3,(H,17,18). The van der Waals surface area contributed by atoms with Crippen LogP contribution in [0.15, 0.2) is 63.8 Å². The lowest BCUT2D eigenvalue weighted by molar-refractivity contribution is 0.0996. The maximum Gasteiger partial charge on any atom is 0.291 e. The van der Waals surface area contributed by atoms with Gasteiger partial charge in [0, 0.05) is 11.3 Å². The predicted octanol–water partition coefficient (Wildman–Crippen LogP) is 4.10. The molecule has 0 aliphatic heterocycles. The van der Waals surface area contributed by atoms with E-state index >= 15 is 0 Å². The topological polar surface area (TPSA) is 55.4 Å². The molecule has 4 heteroatoms. The zero-order valence-corrected chi connectivity index (χ0v) is 10.9. The molecule has 0 aliphatic carbocycles. The Hall–Kier alpha value is -2.75. The first kappa shape index (κ1) is 12.3. The number of carbonyl (C=O) groups is 1. The Balaban J connectivity index is 1.91. The summed E-state index contributed by atoms with van der Waals surface area (Å²) < 4.78 is 10.5. The number of carbonyl (C=O) groups excluding carboxylic acids is 1. The van der Waals surface area contributed by atoms with Crippen LogP contribution in [0.2, 0.25) is 0 Å². The van der Waals surface area contributed by atoms with Gasteiger partial charge in [0.25, 0.3) is 5.91 Å². The molecule has 0 unspecified atom stereocenters. The minimum atomic E-state index is -0.269. The van der Waals surface area contributed by atoms with Gasteiger partial charge in [0.1, 0.15) is 5.76 Å². The molecule has 0 aliphatic rings. The Bertz CT molecular complexity index is 712. The monoisotopic (exact) mass is 267 g/mol.